The number of alkyl halides is 3. The molecule has 0 saturated heterocycles. The lowest BCUT2D eigenvalue weighted by atomic mass is 10.1. The molecule has 0 radical (unpaired) electrons. The number of amides is 1. The number of hydrogen-bond acceptors (Lipinski definition) is 3. The molecule has 0 aliphatic carbocycles. The van der Waals surface area contributed by atoms with Crippen LogP contribution in [0.3, 0.4) is 0 Å². The van der Waals surface area contributed by atoms with Gasteiger partial charge in [-0.1, -0.05) is 6.92 Å². The van der Waals surface area contributed by atoms with Crippen molar-refractivity contribution in [3.05, 3.63) is 22.4 Å². The third-order valence-electron chi connectivity index (χ3n) is 3.16. The third kappa shape index (κ3) is 8.71. The Morgan fingerprint density at radius 1 is 1.42 bits per heavy atom. The second-order valence-corrected chi connectivity index (χ2v) is 5.91. The Hall–Kier alpha value is -1.04. The van der Waals surface area contributed by atoms with Crippen molar-refractivity contribution in [2.45, 2.75) is 19.0 Å². The van der Waals surface area contributed by atoms with Gasteiger partial charge >= 0.3 is 6.18 Å². The van der Waals surface area contributed by atoms with E-state index >= 15 is 0 Å². The fourth-order valence-corrected chi connectivity index (χ4v) is 2.58. The minimum Gasteiger partial charge on any atom is -0.356 e. The Morgan fingerprint density at radius 2 is 2.08 bits per heavy atom. The van der Waals surface area contributed by atoms with Crippen LogP contribution < -0.4 is 10.6 Å². The molecule has 0 bridgehead atoms. The van der Waals surface area contributed by atoms with Crippen molar-refractivity contribution in [3.63, 3.8) is 0 Å². The Morgan fingerprint density at radius 3 is 2.58 bits per heavy atom. The second kappa shape index (κ2) is 10.7. The van der Waals surface area contributed by atoms with Crippen molar-refractivity contribution < 1.29 is 18.0 Å². The first-order valence-corrected chi connectivity index (χ1v) is 7.94. The van der Waals surface area contributed by atoms with E-state index in [9.17, 15) is 18.0 Å². The summed E-state index contributed by atoms with van der Waals surface area (Å²) in [7, 11) is 2.65. The topological polar surface area (TPSA) is 56.7 Å². The lowest BCUT2D eigenvalue weighted by Crippen LogP contribution is -2.46. The molecular formula is C14H22F3IN4OS. The molecule has 24 heavy (non-hydrogen) atoms. The number of nitrogens with one attached hydrogen (secondary N) is 2. The normalized spacial score (nSPS) is 13.0. The molecule has 0 aliphatic heterocycles. The minimum absolute atomic E-state index is 0. The van der Waals surface area contributed by atoms with Crippen molar-refractivity contribution in [2.24, 2.45) is 4.99 Å². The Kier molecular flexibility index (Phi) is 10.3. The average Bonchev–Trinajstić information content (AvgIpc) is 2.99. The van der Waals surface area contributed by atoms with Gasteiger partial charge in [-0.15, -0.1) is 24.0 Å². The third-order valence-corrected chi connectivity index (χ3v) is 3.86. The number of aliphatic imine (C=N–C) groups is 1. The van der Waals surface area contributed by atoms with Crippen LogP contribution in [0, 0.1) is 0 Å². The number of halogens is 4. The molecule has 5 nitrogen and oxygen atoms in total. The van der Waals surface area contributed by atoms with E-state index in [1.54, 1.807) is 11.3 Å². The molecule has 138 valence electrons. The van der Waals surface area contributed by atoms with Crippen LogP contribution in [0.2, 0.25) is 0 Å². The smallest absolute Gasteiger partial charge is 0.356 e. The van der Waals surface area contributed by atoms with Crippen LogP contribution >= 0.6 is 35.3 Å². The number of nitrogens with zero attached hydrogens (tertiary/aromatic N) is 2. The molecule has 0 spiro atoms. The van der Waals surface area contributed by atoms with Crippen molar-refractivity contribution in [1.82, 2.24) is 15.5 Å². The van der Waals surface area contributed by atoms with Crippen LogP contribution in [0.25, 0.3) is 0 Å². The molecule has 1 aromatic heterocycles. The molecular weight excluding hydrogens is 456 g/mol. The number of thiophene rings is 1. The van der Waals surface area contributed by atoms with Crippen LogP contribution in [0.5, 0.6) is 0 Å². The van der Waals surface area contributed by atoms with Crippen LogP contribution in [-0.4, -0.2) is 56.7 Å². The van der Waals surface area contributed by atoms with Crippen LogP contribution in [0.1, 0.15) is 18.4 Å². The summed E-state index contributed by atoms with van der Waals surface area (Å²) in [4.78, 5) is 16.2. The molecule has 2 N–H and O–H groups in total. The maximum absolute atomic E-state index is 12.2. The molecule has 1 atom stereocenters. The van der Waals surface area contributed by atoms with Gasteiger partial charge in [-0.25, -0.2) is 0 Å². The summed E-state index contributed by atoms with van der Waals surface area (Å²) in [6.07, 6.45) is -4.40. The summed E-state index contributed by atoms with van der Waals surface area (Å²) in [6.45, 7) is 1.13. The van der Waals surface area contributed by atoms with E-state index in [1.807, 2.05) is 18.4 Å². The zero-order valence-corrected chi connectivity index (χ0v) is 16.8. The number of rotatable bonds is 6. The second-order valence-electron chi connectivity index (χ2n) is 5.13. The van der Waals surface area contributed by atoms with Gasteiger partial charge in [-0.3, -0.25) is 9.79 Å². The zero-order valence-electron chi connectivity index (χ0n) is 13.7. The molecule has 1 amide bonds. The minimum atomic E-state index is -4.40. The van der Waals surface area contributed by atoms with E-state index in [-0.39, 0.29) is 36.4 Å². The lowest BCUT2D eigenvalue weighted by molar-refractivity contribution is -0.157. The first-order chi connectivity index (χ1) is 10.7. The fourth-order valence-electron chi connectivity index (χ4n) is 1.80. The first-order valence-electron chi connectivity index (χ1n) is 7.00. The quantitative estimate of drug-likeness (QED) is 0.376. The number of carbonyl (C=O) groups is 1. The van der Waals surface area contributed by atoms with E-state index < -0.39 is 18.6 Å². The van der Waals surface area contributed by atoms with E-state index in [4.69, 9.17) is 0 Å². The van der Waals surface area contributed by atoms with E-state index in [1.165, 1.54) is 12.6 Å². The summed E-state index contributed by atoms with van der Waals surface area (Å²) in [6, 6.07) is 2.03. The van der Waals surface area contributed by atoms with Crippen molar-refractivity contribution in [3.8, 4) is 0 Å². The van der Waals surface area contributed by atoms with Gasteiger partial charge in [0.2, 0.25) is 5.91 Å². The highest BCUT2D eigenvalue weighted by molar-refractivity contribution is 14.0. The van der Waals surface area contributed by atoms with Gasteiger partial charge in [0.25, 0.3) is 0 Å². The van der Waals surface area contributed by atoms with E-state index in [0.29, 0.717) is 17.4 Å². The average molecular weight is 478 g/mol. The predicted octanol–water partition coefficient (Wildman–Crippen LogP) is 2.66. The molecule has 1 aromatic rings. The SMILES string of the molecule is CN=C(NCC(=O)N(C)CC(F)(F)F)NCC(C)c1ccsc1.I. The molecule has 1 heterocycles. The largest absolute Gasteiger partial charge is 0.406 e. The first kappa shape index (κ1) is 23.0. The fraction of sp³-hybridized carbons (Fsp3) is 0.571. The van der Waals surface area contributed by atoms with Gasteiger partial charge in [0.15, 0.2) is 5.96 Å². The highest BCUT2D eigenvalue weighted by atomic mass is 127. The maximum Gasteiger partial charge on any atom is 0.406 e. The van der Waals surface area contributed by atoms with Crippen molar-refractivity contribution >= 4 is 47.2 Å². The van der Waals surface area contributed by atoms with Gasteiger partial charge in [0.1, 0.15) is 6.54 Å². The summed E-state index contributed by atoms with van der Waals surface area (Å²) in [5.74, 6) is -0.0274. The van der Waals surface area contributed by atoms with Crippen molar-refractivity contribution in [1.29, 1.82) is 0 Å². The molecule has 1 unspecified atom stereocenters. The van der Waals surface area contributed by atoms with Crippen LogP contribution in [0.4, 0.5) is 13.2 Å². The van der Waals surface area contributed by atoms with Crippen LogP contribution in [0.15, 0.2) is 21.8 Å². The Bertz CT molecular complexity index is 523. The highest BCUT2D eigenvalue weighted by Crippen LogP contribution is 2.17. The Labute approximate surface area is 160 Å². The van der Waals surface area contributed by atoms with Gasteiger partial charge < -0.3 is 15.5 Å². The molecule has 1 rings (SSSR count). The van der Waals surface area contributed by atoms with Gasteiger partial charge in [-0.05, 0) is 28.3 Å². The Balaban J connectivity index is 0.00000529. The summed E-state index contributed by atoms with van der Waals surface area (Å²) < 4.78 is 36.7. The van der Waals surface area contributed by atoms with Gasteiger partial charge in [-0.2, -0.15) is 24.5 Å². The summed E-state index contributed by atoms with van der Waals surface area (Å²) in [5.41, 5.74) is 1.19. The number of guanidine groups is 1. The number of hydrogen-bond donors (Lipinski definition) is 2. The maximum atomic E-state index is 12.2. The summed E-state index contributed by atoms with van der Waals surface area (Å²) in [5, 5.41) is 9.82. The monoisotopic (exact) mass is 478 g/mol. The molecule has 0 saturated carbocycles. The molecule has 0 fully saturated rings. The van der Waals surface area contributed by atoms with Crippen molar-refractivity contribution in [2.75, 3.05) is 33.7 Å². The van der Waals surface area contributed by atoms with E-state index in [2.05, 4.69) is 21.0 Å². The van der Waals surface area contributed by atoms with Gasteiger partial charge in [0.05, 0.1) is 6.54 Å². The molecule has 10 heteroatoms. The zero-order chi connectivity index (χ0) is 17.5. The van der Waals surface area contributed by atoms with E-state index in [0.717, 1.165) is 7.05 Å². The number of likely N-dealkylation sites (N-methyl/N-ethyl adjacent to an activating group) is 1. The van der Waals surface area contributed by atoms with Crippen LogP contribution in [-0.2, 0) is 4.79 Å². The number of carbonyl (C=O) groups excluding carboxylic acids is 1. The predicted molar refractivity (Wildman–Crippen MR) is 101 cm³/mol. The summed E-state index contributed by atoms with van der Waals surface area (Å²) >= 11 is 1.61. The standard InChI is InChI=1S/C14H21F3N4OS.HI/c1-10(11-4-5-23-8-11)6-19-13(18-2)20-7-12(22)21(3)9-14(15,16)17;/h4-5,8,10H,6-7,9H2,1-3H3,(H2,18,19,20);1H. The lowest BCUT2D eigenvalue weighted by Gasteiger charge is -2.20. The highest BCUT2D eigenvalue weighted by Gasteiger charge is 2.31. The van der Waals surface area contributed by atoms with Gasteiger partial charge in [0, 0.05) is 20.6 Å². The molecule has 0 aromatic carbocycles. The molecule has 0 aliphatic rings.